The zero-order chi connectivity index (χ0) is 19.0. The Morgan fingerprint density at radius 2 is 2.07 bits per heavy atom. The van der Waals surface area contributed by atoms with Crippen LogP contribution in [0.4, 0.5) is 14.5 Å². The van der Waals surface area contributed by atoms with Crippen molar-refractivity contribution >= 4 is 22.5 Å². The fraction of sp³-hybridized carbons (Fsp3) is 0.300. The van der Waals surface area contributed by atoms with Crippen LogP contribution in [0.15, 0.2) is 36.4 Å². The Bertz CT molecular complexity index is 1000. The lowest BCUT2D eigenvalue weighted by Gasteiger charge is -2.33. The van der Waals surface area contributed by atoms with E-state index in [1.807, 2.05) is 25.1 Å². The van der Waals surface area contributed by atoms with E-state index in [4.69, 9.17) is 0 Å². The number of aryl methyl sites for hydroxylation is 1. The zero-order valence-electron chi connectivity index (χ0n) is 14.9. The van der Waals surface area contributed by atoms with E-state index in [-0.39, 0.29) is 11.9 Å². The number of fused-ring (bicyclic) bond motifs is 1. The largest absolute Gasteiger partial charge is 0.380 e. The minimum Gasteiger partial charge on any atom is -0.380 e. The number of halogens is 2. The van der Waals surface area contributed by atoms with Crippen molar-refractivity contribution in [2.75, 3.05) is 18.4 Å². The number of amides is 1. The lowest BCUT2D eigenvalue weighted by molar-refractivity contribution is 0.0710. The van der Waals surface area contributed by atoms with Gasteiger partial charge in [-0.1, -0.05) is 11.6 Å². The van der Waals surface area contributed by atoms with Crippen LogP contribution in [0.2, 0.25) is 0 Å². The minimum absolute atomic E-state index is 0.0282. The first-order valence-electron chi connectivity index (χ1n) is 8.97. The van der Waals surface area contributed by atoms with Gasteiger partial charge in [0.15, 0.2) is 17.3 Å². The van der Waals surface area contributed by atoms with Gasteiger partial charge in [0.25, 0.3) is 5.91 Å². The van der Waals surface area contributed by atoms with Gasteiger partial charge in [-0.05, 0) is 44.0 Å². The first-order chi connectivity index (χ1) is 13.0. The standard InChI is InChI=1S/C20H20F2N4O/c1-12-4-7-18-15(9-12)19(25-24-18)20(27)26-8-2-3-14(11-26)23-13-5-6-16(21)17(22)10-13/h4-7,9-10,14,23H,2-3,8,11H2,1H3,(H,24,25)/t14-/m0/s1. The number of carbonyl (C=O) groups is 1. The Balaban J connectivity index is 1.51. The maximum Gasteiger partial charge on any atom is 0.275 e. The number of carbonyl (C=O) groups excluding carboxylic acids is 1. The van der Waals surface area contributed by atoms with Gasteiger partial charge in [-0.15, -0.1) is 0 Å². The van der Waals surface area contributed by atoms with Crippen LogP contribution in [-0.4, -0.2) is 40.1 Å². The average Bonchev–Trinajstić information content (AvgIpc) is 3.07. The molecule has 4 rings (SSSR count). The first-order valence-corrected chi connectivity index (χ1v) is 8.97. The summed E-state index contributed by atoms with van der Waals surface area (Å²) < 4.78 is 26.5. The molecule has 140 valence electrons. The second-order valence-corrected chi connectivity index (χ2v) is 6.98. The molecule has 0 bridgehead atoms. The summed E-state index contributed by atoms with van der Waals surface area (Å²) in [5, 5.41) is 11.1. The van der Waals surface area contributed by atoms with E-state index in [2.05, 4.69) is 15.5 Å². The number of aromatic nitrogens is 2. The van der Waals surface area contributed by atoms with Crippen LogP contribution in [-0.2, 0) is 0 Å². The van der Waals surface area contributed by atoms with Crippen molar-refractivity contribution < 1.29 is 13.6 Å². The number of hydrogen-bond acceptors (Lipinski definition) is 3. The Hall–Kier alpha value is -2.96. The predicted molar refractivity (Wildman–Crippen MR) is 99.7 cm³/mol. The summed E-state index contributed by atoms with van der Waals surface area (Å²) in [6, 6.07) is 9.55. The third kappa shape index (κ3) is 3.49. The summed E-state index contributed by atoms with van der Waals surface area (Å²) in [5.74, 6) is -1.88. The van der Waals surface area contributed by atoms with Crippen molar-refractivity contribution in [2.45, 2.75) is 25.8 Å². The summed E-state index contributed by atoms with van der Waals surface area (Å²) >= 11 is 0. The maximum absolute atomic E-state index is 13.4. The number of benzene rings is 2. The molecule has 5 nitrogen and oxygen atoms in total. The van der Waals surface area contributed by atoms with E-state index in [9.17, 15) is 13.6 Å². The second kappa shape index (κ2) is 6.98. The van der Waals surface area contributed by atoms with Crippen molar-refractivity contribution in [3.05, 3.63) is 59.3 Å². The van der Waals surface area contributed by atoms with E-state index >= 15 is 0 Å². The SMILES string of the molecule is Cc1ccc2[nH]nc(C(=O)N3CCC[C@H](Nc4ccc(F)c(F)c4)C3)c2c1. The highest BCUT2D eigenvalue weighted by Crippen LogP contribution is 2.22. The summed E-state index contributed by atoms with van der Waals surface area (Å²) in [4.78, 5) is 14.8. The molecule has 1 fully saturated rings. The molecule has 0 aliphatic carbocycles. The Labute approximate surface area is 155 Å². The topological polar surface area (TPSA) is 61.0 Å². The highest BCUT2D eigenvalue weighted by atomic mass is 19.2. The van der Waals surface area contributed by atoms with Crippen LogP contribution in [0.1, 0.15) is 28.9 Å². The van der Waals surface area contributed by atoms with E-state index in [0.29, 0.717) is 24.5 Å². The molecule has 1 aliphatic rings. The normalized spacial score (nSPS) is 17.3. The van der Waals surface area contributed by atoms with Gasteiger partial charge in [-0.3, -0.25) is 9.89 Å². The van der Waals surface area contributed by atoms with Crippen molar-refractivity contribution in [1.29, 1.82) is 0 Å². The van der Waals surface area contributed by atoms with Gasteiger partial charge in [0.1, 0.15) is 0 Å². The molecular weight excluding hydrogens is 350 g/mol. The molecule has 2 aromatic carbocycles. The smallest absolute Gasteiger partial charge is 0.275 e. The van der Waals surface area contributed by atoms with Crippen molar-refractivity contribution in [3.8, 4) is 0 Å². The molecule has 1 aliphatic heterocycles. The van der Waals surface area contributed by atoms with E-state index in [1.165, 1.54) is 6.07 Å². The van der Waals surface area contributed by atoms with Gasteiger partial charge >= 0.3 is 0 Å². The van der Waals surface area contributed by atoms with Gasteiger partial charge in [0.2, 0.25) is 0 Å². The van der Waals surface area contributed by atoms with Crippen LogP contribution in [0.3, 0.4) is 0 Å². The summed E-state index contributed by atoms with van der Waals surface area (Å²) in [6.07, 6.45) is 1.68. The molecule has 3 aromatic rings. The highest BCUT2D eigenvalue weighted by molar-refractivity contribution is 6.04. The predicted octanol–water partition coefficient (Wildman–Crippen LogP) is 3.87. The fourth-order valence-corrected chi connectivity index (χ4v) is 3.54. The summed E-state index contributed by atoms with van der Waals surface area (Å²) in [5.41, 5.74) is 2.82. The Kier molecular flexibility index (Phi) is 4.51. The molecule has 27 heavy (non-hydrogen) atoms. The number of hydrogen-bond donors (Lipinski definition) is 2. The Morgan fingerprint density at radius 3 is 2.89 bits per heavy atom. The van der Waals surface area contributed by atoms with Crippen LogP contribution in [0.25, 0.3) is 10.9 Å². The summed E-state index contributed by atoms with van der Waals surface area (Å²) in [7, 11) is 0. The lowest BCUT2D eigenvalue weighted by Crippen LogP contribution is -2.45. The van der Waals surface area contributed by atoms with Crippen molar-refractivity contribution in [3.63, 3.8) is 0 Å². The number of anilines is 1. The monoisotopic (exact) mass is 370 g/mol. The molecule has 0 radical (unpaired) electrons. The molecule has 1 amide bonds. The lowest BCUT2D eigenvalue weighted by atomic mass is 10.0. The van der Waals surface area contributed by atoms with Gasteiger partial charge < -0.3 is 10.2 Å². The average molecular weight is 370 g/mol. The number of rotatable bonds is 3. The molecule has 0 spiro atoms. The quantitative estimate of drug-likeness (QED) is 0.736. The molecule has 1 saturated heterocycles. The number of H-pyrrole nitrogens is 1. The second-order valence-electron chi connectivity index (χ2n) is 6.98. The molecule has 2 heterocycles. The van der Waals surface area contributed by atoms with Crippen LogP contribution in [0, 0.1) is 18.6 Å². The number of piperidine rings is 1. The van der Waals surface area contributed by atoms with Gasteiger partial charge in [0.05, 0.1) is 5.52 Å². The van der Waals surface area contributed by atoms with Crippen molar-refractivity contribution in [2.24, 2.45) is 0 Å². The molecular formula is C20H20F2N4O. The number of aromatic amines is 1. The third-order valence-electron chi connectivity index (χ3n) is 4.92. The van der Waals surface area contributed by atoms with Crippen LogP contribution in [0.5, 0.6) is 0 Å². The van der Waals surface area contributed by atoms with Crippen LogP contribution < -0.4 is 5.32 Å². The first kappa shape index (κ1) is 17.5. The van der Waals surface area contributed by atoms with E-state index in [1.54, 1.807) is 4.90 Å². The Morgan fingerprint density at radius 1 is 1.22 bits per heavy atom. The molecule has 1 aromatic heterocycles. The minimum atomic E-state index is -0.887. The highest BCUT2D eigenvalue weighted by Gasteiger charge is 2.27. The zero-order valence-corrected chi connectivity index (χ0v) is 14.9. The van der Waals surface area contributed by atoms with Gasteiger partial charge in [-0.25, -0.2) is 8.78 Å². The number of nitrogens with one attached hydrogen (secondary N) is 2. The molecule has 2 N–H and O–H groups in total. The number of likely N-dealkylation sites (tertiary alicyclic amines) is 1. The van der Waals surface area contributed by atoms with Gasteiger partial charge in [0, 0.05) is 36.3 Å². The molecule has 0 saturated carbocycles. The summed E-state index contributed by atoms with van der Waals surface area (Å²) in [6.45, 7) is 3.11. The molecule has 7 heteroatoms. The third-order valence-corrected chi connectivity index (χ3v) is 4.92. The van der Waals surface area contributed by atoms with Crippen molar-refractivity contribution in [1.82, 2.24) is 15.1 Å². The fourth-order valence-electron chi connectivity index (χ4n) is 3.54. The molecule has 1 atom stereocenters. The van der Waals surface area contributed by atoms with Gasteiger partial charge in [-0.2, -0.15) is 5.10 Å². The number of nitrogens with zero attached hydrogens (tertiary/aromatic N) is 2. The molecule has 0 unspecified atom stereocenters. The maximum atomic E-state index is 13.4. The van der Waals surface area contributed by atoms with E-state index < -0.39 is 11.6 Å². The van der Waals surface area contributed by atoms with Crippen LogP contribution >= 0.6 is 0 Å². The van der Waals surface area contributed by atoms with E-state index in [0.717, 1.165) is 41.4 Å².